The lowest BCUT2D eigenvalue weighted by atomic mass is 10.1. The smallest absolute Gasteiger partial charge is 0.343 e. The minimum atomic E-state index is -1.06. The number of hydrazone groups is 1. The van der Waals surface area contributed by atoms with E-state index in [0.717, 1.165) is 0 Å². The highest BCUT2D eigenvalue weighted by molar-refractivity contribution is 6.39. The van der Waals surface area contributed by atoms with Gasteiger partial charge in [0.05, 0.1) is 16.2 Å². The van der Waals surface area contributed by atoms with Crippen LogP contribution in [-0.4, -0.2) is 34.3 Å². The molecule has 3 amide bonds. The van der Waals surface area contributed by atoms with Crippen LogP contribution in [0.4, 0.5) is 11.4 Å². The van der Waals surface area contributed by atoms with Crippen molar-refractivity contribution in [2.45, 2.75) is 6.92 Å². The first-order chi connectivity index (χ1) is 17.2. The predicted molar refractivity (Wildman–Crippen MR) is 128 cm³/mol. The zero-order valence-corrected chi connectivity index (χ0v) is 18.8. The summed E-state index contributed by atoms with van der Waals surface area (Å²) in [4.78, 5) is 58.0. The molecule has 0 fully saturated rings. The molecule has 0 spiro atoms. The molecule has 182 valence electrons. The molecule has 0 heterocycles. The summed E-state index contributed by atoms with van der Waals surface area (Å²) in [6.45, 7) is 1.53. The van der Waals surface area contributed by atoms with Gasteiger partial charge in [-0.3, -0.25) is 24.5 Å². The molecule has 0 bridgehead atoms. The number of carbonyl (C=O) groups is 4. The van der Waals surface area contributed by atoms with E-state index in [4.69, 9.17) is 10.5 Å². The van der Waals surface area contributed by atoms with Gasteiger partial charge >= 0.3 is 17.8 Å². The second-order valence-electron chi connectivity index (χ2n) is 7.22. The summed E-state index contributed by atoms with van der Waals surface area (Å²) in [6, 6.07) is 16.9. The number of hydrogen-bond donors (Lipinski definition) is 3. The molecule has 3 rings (SSSR count). The number of non-ortho nitro benzene ring substituents is 1. The number of benzene rings is 3. The van der Waals surface area contributed by atoms with Crippen molar-refractivity contribution in [3.8, 4) is 5.75 Å². The lowest BCUT2D eigenvalue weighted by Crippen LogP contribution is -2.33. The van der Waals surface area contributed by atoms with Crippen LogP contribution in [0.15, 0.2) is 77.9 Å². The monoisotopic (exact) mass is 489 g/mol. The number of primary amides is 1. The van der Waals surface area contributed by atoms with E-state index in [0.29, 0.717) is 5.56 Å². The van der Waals surface area contributed by atoms with Crippen molar-refractivity contribution < 1.29 is 28.8 Å². The van der Waals surface area contributed by atoms with Gasteiger partial charge in [0, 0.05) is 28.9 Å². The number of esters is 1. The van der Waals surface area contributed by atoms with E-state index >= 15 is 0 Å². The van der Waals surface area contributed by atoms with E-state index in [2.05, 4.69) is 15.8 Å². The average molecular weight is 489 g/mol. The van der Waals surface area contributed by atoms with Gasteiger partial charge in [0.15, 0.2) is 0 Å². The molecule has 12 heteroatoms. The van der Waals surface area contributed by atoms with Gasteiger partial charge in [0.2, 0.25) is 5.91 Å². The Morgan fingerprint density at radius 1 is 0.889 bits per heavy atom. The number of nitrogens with zero attached hydrogens (tertiary/aromatic N) is 2. The molecule has 0 saturated heterocycles. The number of nitro groups is 1. The highest BCUT2D eigenvalue weighted by Crippen LogP contribution is 2.21. The first kappa shape index (κ1) is 25.2. The van der Waals surface area contributed by atoms with Gasteiger partial charge in [0.1, 0.15) is 5.75 Å². The predicted octanol–water partition coefficient (Wildman–Crippen LogP) is 2.39. The van der Waals surface area contributed by atoms with Gasteiger partial charge in [-0.25, -0.2) is 10.2 Å². The Hall–Kier alpha value is -5.39. The molecule has 0 radical (unpaired) electrons. The molecule has 0 unspecified atom stereocenters. The molecule has 12 nitrogen and oxygen atoms in total. The van der Waals surface area contributed by atoms with Gasteiger partial charge in [-0.05, 0) is 55.5 Å². The van der Waals surface area contributed by atoms with E-state index in [1.807, 2.05) is 0 Å². The van der Waals surface area contributed by atoms with Gasteiger partial charge in [-0.1, -0.05) is 12.1 Å². The van der Waals surface area contributed by atoms with Crippen LogP contribution in [0.1, 0.15) is 33.2 Å². The molecule has 0 aliphatic rings. The summed E-state index contributed by atoms with van der Waals surface area (Å²) < 4.78 is 5.40. The number of para-hydroxylation sites is 1. The Bertz CT molecular complexity index is 1370. The first-order valence-electron chi connectivity index (χ1n) is 10.3. The highest BCUT2D eigenvalue weighted by atomic mass is 16.6. The standard InChI is InChI=1S/C24H19N5O7/c1-14(27-28-23(32)22(31)26-17-10-6-15(7-11-17)21(25)30)19-4-2-3-5-20(19)36-24(33)16-8-12-18(13-9-16)29(34)35/h2-13H,1H3,(H2,25,30)(H,26,31)(H,28,32). The second-order valence-corrected chi connectivity index (χ2v) is 7.22. The van der Waals surface area contributed by atoms with E-state index in [1.165, 1.54) is 61.5 Å². The zero-order valence-electron chi connectivity index (χ0n) is 18.8. The maximum absolute atomic E-state index is 12.5. The molecule has 3 aromatic rings. The van der Waals surface area contributed by atoms with Gasteiger partial charge in [-0.15, -0.1) is 0 Å². The maximum Gasteiger partial charge on any atom is 0.343 e. The fourth-order valence-electron chi connectivity index (χ4n) is 2.88. The van der Waals surface area contributed by atoms with Crippen LogP contribution in [0.25, 0.3) is 0 Å². The van der Waals surface area contributed by atoms with Crippen LogP contribution < -0.4 is 21.2 Å². The fraction of sp³-hybridized carbons (Fsp3) is 0.0417. The quantitative estimate of drug-likeness (QED) is 0.114. The van der Waals surface area contributed by atoms with Gasteiger partial charge < -0.3 is 15.8 Å². The van der Waals surface area contributed by atoms with Gasteiger partial charge in [-0.2, -0.15) is 5.10 Å². The van der Waals surface area contributed by atoms with Gasteiger partial charge in [0.25, 0.3) is 5.69 Å². The average Bonchev–Trinajstić information content (AvgIpc) is 2.87. The van der Waals surface area contributed by atoms with Crippen molar-refractivity contribution in [1.29, 1.82) is 0 Å². The van der Waals surface area contributed by atoms with E-state index in [9.17, 15) is 29.3 Å². The molecule has 36 heavy (non-hydrogen) atoms. The number of amides is 3. The van der Waals surface area contributed by atoms with Crippen LogP contribution in [0, 0.1) is 10.1 Å². The van der Waals surface area contributed by atoms with Crippen molar-refractivity contribution in [3.05, 3.63) is 99.6 Å². The van der Waals surface area contributed by atoms with Crippen molar-refractivity contribution in [3.63, 3.8) is 0 Å². The zero-order chi connectivity index (χ0) is 26.2. The molecule has 0 aromatic heterocycles. The molecule has 0 atom stereocenters. The lowest BCUT2D eigenvalue weighted by Gasteiger charge is -2.10. The normalized spacial score (nSPS) is 10.8. The third-order valence-corrected chi connectivity index (χ3v) is 4.75. The number of carbonyl (C=O) groups excluding carboxylic acids is 4. The number of hydrogen-bond acceptors (Lipinski definition) is 8. The van der Waals surface area contributed by atoms with Crippen molar-refractivity contribution in [2.24, 2.45) is 10.8 Å². The summed E-state index contributed by atoms with van der Waals surface area (Å²) in [7, 11) is 0. The lowest BCUT2D eigenvalue weighted by molar-refractivity contribution is -0.384. The van der Waals surface area contributed by atoms with Crippen LogP contribution in [0.5, 0.6) is 5.75 Å². The molecule has 0 aliphatic heterocycles. The molecule has 4 N–H and O–H groups in total. The maximum atomic E-state index is 12.5. The Morgan fingerprint density at radius 2 is 1.50 bits per heavy atom. The third-order valence-electron chi connectivity index (χ3n) is 4.75. The minimum Gasteiger partial charge on any atom is -0.422 e. The van der Waals surface area contributed by atoms with Crippen molar-refractivity contribution >= 4 is 40.8 Å². The topological polar surface area (TPSA) is 183 Å². The molecular formula is C24H19N5O7. The van der Waals surface area contributed by atoms with E-state index < -0.39 is 28.6 Å². The van der Waals surface area contributed by atoms with Crippen LogP contribution in [-0.2, 0) is 9.59 Å². The SMILES string of the molecule is CC(=NNC(=O)C(=O)Nc1ccc(C(N)=O)cc1)c1ccccc1OC(=O)c1ccc([N+](=O)[O-])cc1. The van der Waals surface area contributed by atoms with Crippen LogP contribution in [0.3, 0.4) is 0 Å². The number of ether oxygens (including phenoxy) is 1. The second kappa shape index (κ2) is 11.2. The van der Waals surface area contributed by atoms with Crippen molar-refractivity contribution in [1.82, 2.24) is 5.43 Å². The Morgan fingerprint density at radius 3 is 2.11 bits per heavy atom. The summed E-state index contributed by atoms with van der Waals surface area (Å²) in [5.74, 6) is -3.33. The Labute approximate surface area is 203 Å². The molecular weight excluding hydrogens is 470 g/mol. The highest BCUT2D eigenvalue weighted by Gasteiger charge is 2.17. The summed E-state index contributed by atoms with van der Waals surface area (Å²) in [5, 5.41) is 17.0. The fourth-order valence-corrected chi connectivity index (χ4v) is 2.88. The third kappa shape index (κ3) is 6.35. The minimum absolute atomic E-state index is 0.0961. The number of rotatable bonds is 7. The molecule has 0 aliphatic carbocycles. The number of nitrogens with two attached hydrogens (primary N) is 1. The number of anilines is 1. The first-order valence-corrected chi connectivity index (χ1v) is 10.3. The van der Waals surface area contributed by atoms with Crippen molar-refractivity contribution in [2.75, 3.05) is 5.32 Å². The number of nitro benzene ring substituents is 1. The molecule has 3 aromatic carbocycles. The summed E-state index contributed by atoms with van der Waals surface area (Å²) in [6.07, 6.45) is 0. The van der Waals surface area contributed by atoms with Crippen LogP contribution in [0.2, 0.25) is 0 Å². The van der Waals surface area contributed by atoms with E-state index in [-0.39, 0.29) is 34.0 Å². The molecule has 0 saturated carbocycles. The number of nitrogens with one attached hydrogen (secondary N) is 2. The van der Waals surface area contributed by atoms with E-state index in [1.54, 1.807) is 18.2 Å². The largest absolute Gasteiger partial charge is 0.422 e. The summed E-state index contributed by atoms with van der Waals surface area (Å²) >= 11 is 0. The Kier molecular flexibility index (Phi) is 7.82. The summed E-state index contributed by atoms with van der Waals surface area (Å²) in [5.41, 5.74) is 8.30. The van der Waals surface area contributed by atoms with Crippen LogP contribution >= 0.6 is 0 Å². The Balaban J connectivity index is 1.66.